The second kappa shape index (κ2) is 6.62. The zero-order valence-corrected chi connectivity index (χ0v) is 6.76. The number of rotatable bonds is 4. The van der Waals surface area contributed by atoms with Gasteiger partial charge >= 0.3 is 45.6 Å². The predicted molar refractivity (Wildman–Crippen MR) is 44.0 cm³/mol. The van der Waals surface area contributed by atoms with Crippen molar-refractivity contribution in [1.82, 2.24) is 0 Å². The average Bonchev–Trinajstić information content (AvgIpc) is 2.00. The van der Waals surface area contributed by atoms with E-state index in [4.69, 9.17) is 0 Å². The number of hydrogen-bond acceptors (Lipinski definition) is 5. The summed E-state index contributed by atoms with van der Waals surface area (Å²) in [6, 6.07) is 0. The van der Waals surface area contributed by atoms with E-state index < -0.39 is 16.1 Å². The Kier molecular flexibility index (Phi) is 8.07. The molecule has 0 atom stereocenters. The summed E-state index contributed by atoms with van der Waals surface area (Å²) in [5, 5.41) is 0. The summed E-state index contributed by atoms with van der Waals surface area (Å²) in [6.45, 7) is 4.40. The fraction of sp³-hybridized carbons (Fsp3) is 0.400. The molecule has 0 bridgehead atoms. The molecule has 0 spiro atoms. The van der Waals surface area contributed by atoms with Gasteiger partial charge in [0.05, 0.1) is 5.75 Å². The maximum absolute atomic E-state index is 10.5. The minimum atomic E-state index is -3.72. The summed E-state index contributed by atoms with van der Waals surface area (Å²) >= 11 is 0. The van der Waals surface area contributed by atoms with Gasteiger partial charge in [-0.15, -0.1) is 0 Å². The molecule has 0 N–H and O–H groups in total. The standard InChI is InChI=1S/C5H8O5S.Na.H/c1-3-5(6)9-10-11(7,8)4-2;;/h3H,1,4H2,2H3;;. The topological polar surface area (TPSA) is 69.7 Å². The summed E-state index contributed by atoms with van der Waals surface area (Å²) < 4.78 is 24.8. The monoisotopic (exact) mass is 204 g/mol. The Morgan fingerprint density at radius 2 is 2.08 bits per heavy atom. The van der Waals surface area contributed by atoms with E-state index in [1.165, 1.54) is 6.92 Å². The van der Waals surface area contributed by atoms with Crippen LogP contribution in [0.15, 0.2) is 12.7 Å². The Hall–Kier alpha value is 0.120. The summed E-state index contributed by atoms with van der Waals surface area (Å²) in [6.07, 6.45) is 0.797. The molecule has 0 aromatic rings. The minimum absolute atomic E-state index is 0. The molecule has 66 valence electrons. The number of carbonyl (C=O) groups excluding carboxylic acids is 1. The van der Waals surface area contributed by atoms with Crippen molar-refractivity contribution in [2.24, 2.45) is 0 Å². The second-order valence-corrected chi connectivity index (χ2v) is 3.35. The average molecular weight is 204 g/mol. The van der Waals surface area contributed by atoms with Gasteiger partial charge in [0.15, 0.2) is 0 Å². The van der Waals surface area contributed by atoms with Gasteiger partial charge in [0, 0.05) is 6.08 Å². The van der Waals surface area contributed by atoms with Crippen LogP contribution in [0, 0.1) is 0 Å². The summed E-state index contributed by atoms with van der Waals surface area (Å²) in [7, 11) is -3.72. The SMILES string of the molecule is C=CC(=O)OOS(=O)(=O)CC.[NaH]. The van der Waals surface area contributed by atoms with Crippen LogP contribution in [0.3, 0.4) is 0 Å². The van der Waals surface area contributed by atoms with Crippen molar-refractivity contribution in [2.45, 2.75) is 6.92 Å². The van der Waals surface area contributed by atoms with Crippen LogP contribution in [0.25, 0.3) is 0 Å². The molecule has 0 radical (unpaired) electrons. The quantitative estimate of drug-likeness (QED) is 0.263. The molecule has 12 heavy (non-hydrogen) atoms. The molecule has 0 aliphatic rings. The molecule has 0 rings (SSSR count). The molecule has 0 aliphatic carbocycles. The van der Waals surface area contributed by atoms with E-state index in [1.54, 1.807) is 0 Å². The van der Waals surface area contributed by atoms with Crippen molar-refractivity contribution in [3.63, 3.8) is 0 Å². The first kappa shape index (κ1) is 14.6. The van der Waals surface area contributed by atoms with Crippen molar-refractivity contribution in [3.8, 4) is 0 Å². The Morgan fingerprint density at radius 3 is 2.42 bits per heavy atom. The molecule has 0 aromatic carbocycles. The van der Waals surface area contributed by atoms with Crippen LogP contribution in [-0.4, -0.2) is 49.7 Å². The molecule has 7 heteroatoms. The summed E-state index contributed by atoms with van der Waals surface area (Å²) in [4.78, 5) is 14.0. The van der Waals surface area contributed by atoms with Crippen molar-refractivity contribution in [1.29, 1.82) is 0 Å². The normalized spacial score (nSPS) is 9.75. The van der Waals surface area contributed by atoms with Gasteiger partial charge in [-0.3, -0.25) is 4.89 Å². The van der Waals surface area contributed by atoms with Gasteiger partial charge in [0.2, 0.25) is 0 Å². The second-order valence-electron chi connectivity index (χ2n) is 1.52. The molecular weight excluding hydrogens is 195 g/mol. The van der Waals surface area contributed by atoms with Crippen LogP contribution in [0.2, 0.25) is 0 Å². The van der Waals surface area contributed by atoms with Crippen LogP contribution < -0.4 is 0 Å². The van der Waals surface area contributed by atoms with Crippen LogP contribution in [0.4, 0.5) is 0 Å². The van der Waals surface area contributed by atoms with Crippen LogP contribution in [0.1, 0.15) is 6.92 Å². The fourth-order valence-corrected chi connectivity index (χ4v) is 0.434. The molecule has 5 nitrogen and oxygen atoms in total. The van der Waals surface area contributed by atoms with Gasteiger partial charge in [0.1, 0.15) is 0 Å². The van der Waals surface area contributed by atoms with Gasteiger partial charge < -0.3 is 0 Å². The van der Waals surface area contributed by atoms with E-state index in [9.17, 15) is 13.2 Å². The number of hydrogen-bond donors (Lipinski definition) is 0. The van der Waals surface area contributed by atoms with E-state index in [0.717, 1.165) is 6.08 Å². The van der Waals surface area contributed by atoms with Crippen molar-refractivity contribution < 1.29 is 22.4 Å². The zero-order valence-electron chi connectivity index (χ0n) is 5.94. The van der Waals surface area contributed by atoms with E-state index in [1.807, 2.05) is 0 Å². The van der Waals surface area contributed by atoms with Gasteiger partial charge in [-0.05, 0) is 6.92 Å². The fourth-order valence-electron chi connectivity index (χ4n) is 0.167. The van der Waals surface area contributed by atoms with Gasteiger partial charge in [0.25, 0.3) is 0 Å². The molecule has 0 unspecified atom stereocenters. The molecule has 0 fully saturated rings. The molecule has 0 amide bonds. The zero-order chi connectivity index (χ0) is 8.91. The van der Waals surface area contributed by atoms with Crippen LogP contribution >= 0.6 is 0 Å². The Bertz CT molecular complexity index is 245. The van der Waals surface area contributed by atoms with E-state index in [2.05, 4.69) is 15.8 Å². The Labute approximate surface area is 93.1 Å². The van der Waals surface area contributed by atoms with Crippen LogP contribution in [0.5, 0.6) is 0 Å². The molecule has 0 saturated carbocycles. The third-order valence-electron chi connectivity index (χ3n) is 0.740. The van der Waals surface area contributed by atoms with Gasteiger partial charge in [-0.1, -0.05) is 10.9 Å². The van der Waals surface area contributed by atoms with E-state index >= 15 is 0 Å². The third kappa shape index (κ3) is 6.81. The maximum atomic E-state index is 10.5. The first-order valence-corrected chi connectivity index (χ1v) is 4.34. The van der Waals surface area contributed by atoms with Gasteiger partial charge in [-0.25, -0.2) is 4.79 Å². The Morgan fingerprint density at radius 1 is 1.58 bits per heavy atom. The summed E-state index contributed by atoms with van der Waals surface area (Å²) in [5.41, 5.74) is 0. The molecule has 0 saturated heterocycles. The first-order valence-electron chi connectivity index (χ1n) is 2.77. The number of carbonyl (C=O) groups is 1. The third-order valence-corrected chi connectivity index (χ3v) is 1.72. The van der Waals surface area contributed by atoms with E-state index in [0.29, 0.717) is 0 Å². The van der Waals surface area contributed by atoms with Crippen molar-refractivity contribution >= 4 is 45.6 Å². The molecule has 0 aliphatic heterocycles. The summed E-state index contributed by atoms with van der Waals surface area (Å²) in [5.74, 6) is -1.20. The first-order chi connectivity index (χ1) is 5.02. The van der Waals surface area contributed by atoms with Crippen LogP contribution in [-0.2, 0) is 24.1 Å². The predicted octanol–water partition coefficient (Wildman–Crippen LogP) is -0.652. The van der Waals surface area contributed by atoms with Crippen molar-refractivity contribution in [3.05, 3.63) is 12.7 Å². The Balaban J connectivity index is 0. The molecule has 0 heterocycles. The molecular formula is C5H9NaO5S. The molecule has 0 aromatic heterocycles. The van der Waals surface area contributed by atoms with E-state index in [-0.39, 0.29) is 35.3 Å². The van der Waals surface area contributed by atoms with Gasteiger partial charge in [-0.2, -0.15) is 8.42 Å². The van der Waals surface area contributed by atoms with Crippen molar-refractivity contribution in [2.75, 3.05) is 5.75 Å².